The van der Waals surface area contributed by atoms with Crippen LogP contribution in [0.15, 0.2) is 52.4 Å². The van der Waals surface area contributed by atoms with Gasteiger partial charge in [-0.3, -0.25) is 4.99 Å². The van der Waals surface area contributed by atoms with Gasteiger partial charge in [-0.25, -0.2) is 13.6 Å². The topological polar surface area (TPSA) is 106 Å². The smallest absolute Gasteiger partial charge is 0.422 e. The highest BCUT2D eigenvalue weighted by atomic mass is 32.2. The van der Waals surface area contributed by atoms with Crippen molar-refractivity contribution in [3.63, 3.8) is 0 Å². The number of sulfonamides is 1. The molecule has 164 valence electrons. The highest BCUT2D eigenvalue weighted by Gasteiger charge is 2.28. The Morgan fingerprint density at radius 2 is 1.83 bits per heavy atom. The number of nitrogens with zero attached hydrogens (tertiary/aromatic N) is 1. The number of rotatable bonds is 7. The Labute approximate surface area is 173 Å². The lowest BCUT2D eigenvalue weighted by atomic mass is 10.1. The highest BCUT2D eigenvalue weighted by Crippen LogP contribution is 2.23. The second-order valence-corrected chi connectivity index (χ2v) is 8.05. The van der Waals surface area contributed by atoms with Crippen molar-refractivity contribution < 1.29 is 26.3 Å². The van der Waals surface area contributed by atoms with Gasteiger partial charge in [0.1, 0.15) is 5.75 Å². The standard InChI is InChI=1S/C19H23F3N4O3S/c1-13-6-7-15(17(8-13)29-12-19(20,21)22)11-26-18(24-2)25-10-14-4-3-5-16(9-14)30(23,27)28/h3-9H,10-12H2,1-2H3,(H2,23,27,28)(H2,24,25,26). The van der Waals surface area contributed by atoms with E-state index in [1.807, 2.05) is 0 Å². The molecule has 0 bridgehead atoms. The molecule has 0 aliphatic heterocycles. The van der Waals surface area contributed by atoms with Gasteiger partial charge in [0.05, 0.1) is 4.90 Å². The van der Waals surface area contributed by atoms with Crippen LogP contribution >= 0.6 is 0 Å². The van der Waals surface area contributed by atoms with Crippen molar-refractivity contribution in [3.05, 3.63) is 59.2 Å². The SMILES string of the molecule is CN=C(NCc1cccc(S(N)(=O)=O)c1)NCc1ccc(C)cc1OCC(F)(F)F. The number of halogens is 3. The maximum Gasteiger partial charge on any atom is 0.422 e. The predicted molar refractivity (Wildman–Crippen MR) is 108 cm³/mol. The molecule has 0 saturated heterocycles. The molecule has 11 heteroatoms. The highest BCUT2D eigenvalue weighted by molar-refractivity contribution is 7.89. The third kappa shape index (κ3) is 7.56. The zero-order chi connectivity index (χ0) is 22.4. The molecule has 0 unspecified atom stereocenters. The van der Waals surface area contributed by atoms with E-state index < -0.39 is 22.8 Å². The van der Waals surface area contributed by atoms with Crippen molar-refractivity contribution in [3.8, 4) is 5.75 Å². The van der Waals surface area contributed by atoms with Crippen LogP contribution in [0, 0.1) is 6.92 Å². The van der Waals surface area contributed by atoms with Crippen LogP contribution in [0.1, 0.15) is 16.7 Å². The first-order valence-corrected chi connectivity index (χ1v) is 10.4. The summed E-state index contributed by atoms with van der Waals surface area (Å²) in [4.78, 5) is 4.05. The summed E-state index contributed by atoms with van der Waals surface area (Å²) in [6.07, 6.45) is -4.43. The molecule has 30 heavy (non-hydrogen) atoms. The van der Waals surface area contributed by atoms with Gasteiger partial charge in [-0.1, -0.05) is 24.3 Å². The fraction of sp³-hybridized carbons (Fsp3) is 0.316. The van der Waals surface area contributed by atoms with Crippen LogP contribution in [0.3, 0.4) is 0 Å². The van der Waals surface area contributed by atoms with E-state index >= 15 is 0 Å². The molecule has 0 spiro atoms. The van der Waals surface area contributed by atoms with Gasteiger partial charge in [0.15, 0.2) is 12.6 Å². The average molecular weight is 444 g/mol. The van der Waals surface area contributed by atoms with Gasteiger partial charge < -0.3 is 15.4 Å². The summed E-state index contributed by atoms with van der Waals surface area (Å²) in [6, 6.07) is 11.1. The summed E-state index contributed by atoms with van der Waals surface area (Å²) in [5.41, 5.74) is 1.96. The van der Waals surface area contributed by atoms with Crippen molar-refractivity contribution in [1.29, 1.82) is 0 Å². The number of nitrogens with two attached hydrogens (primary N) is 1. The Bertz CT molecular complexity index is 1010. The Hall–Kier alpha value is -2.79. The summed E-state index contributed by atoms with van der Waals surface area (Å²) >= 11 is 0. The van der Waals surface area contributed by atoms with Crippen LogP contribution < -0.4 is 20.5 Å². The van der Waals surface area contributed by atoms with Gasteiger partial charge in [0.25, 0.3) is 0 Å². The summed E-state index contributed by atoms with van der Waals surface area (Å²) in [5.74, 6) is 0.509. The molecule has 0 heterocycles. The van der Waals surface area contributed by atoms with Crippen molar-refractivity contribution in [2.45, 2.75) is 31.1 Å². The third-order valence-corrected chi connectivity index (χ3v) is 4.88. The van der Waals surface area contributed by atoms with Gasteiger partial charge in [-0.2, -0.15) is 13.2 Å². The van der Waals surface area contributed by atoms with E-state index in [1.165, 1.54) is 25.2 Å². The maximum absolute atomic E-state index is 12.5. The quantitative estimate of drug-likeness (QED) is 0.449. The monoisotopic (exact) mass is 444 g/mol. The second-order valence-electron chi connectivity index (χ2n) is 6.49. The molecule has 2 rings (SSSR count). The van der Waals surface area contributed by atoms with E-state index in [-0.39, 0.29) is 23.7 Å². The fourth-order valence-corrected chi connectivity index (χ4v) is 3.10. The largest absolute Gasteiger partial charge is 0.484 e. The van der Waals surface area contributed by atoms with Crippen LogP contribution in [-0.2, 0) is 23.1 Å². The second kappa shape index (κ2) is 9.81. The summed E-state index contributed by atoms with van der Waals surface area (Å²) in [7, 11) is -2.27. The molecule has 0 aliphatic rings. The van der Waals surface area contributed by atoms with E-state index in [4.69, 9.17) is 9.88 Å². The molecule has 7 nitrogen and oxygen atoms in total. The molecule has 2 aromatic rings. The fourth-order valence-electron chi connectivity index (χ4n) is 2.52. The Morgan fingerprint density at radius 1 is 1.13 bits per heavy atom. The van der Waals surface area contributed by atoms with E-state index in [1.54, 1.807) is 31.2 Å². The first-order chi connectivity index (χ1) is 14.0. The lowest BCUT2D eigenvalue weighted by Crippen LogP contribution is -2.36. The minimum atomic E-state index is -4.43. The van der Waals surface area contributed by atoms with Gasteiger partial charge in [0.2, 0.25) is 10.0 Å². The van der Waals surface area contributed by atoms with Crippen LogP contribution in [-0.4, -0.2) is 34.2 Å². The predicted octanol–water partition coefficient (Wildman–Crippen LogP) is 2.45. The number of nitrogens with one attached hydrogen (secondary N) is 2. The van der Waals surface area contributed by atoms with E-state index in [9.17, 15) is 21.6 Å². The van der Waals surface area contributed by atoms with Crippen LogP contribution in [0.5, 0.6) is 5.75 Å². The number of hydrogen-bond donors (Lipinski definition) is 3. The van der Waals surface area contributed by atoms with Crippen molar-refractivity contribution >= 4 is 16.0 Å². The molecule has 0 radical (unpaired) electrons. The Morgan fingerprint density at radius 3 is 2.47 bits per heavy atom. The number of benzene rings is 2. The summed E-state index contributed by atoms with van der Waals surface area (Å²) < 4.78 is 65.3. The lowest BCUT2D eigenvalue weighted by Gasteiger charge is -2.16. The molecular weight excluding hydrogens is 421 g/mol. The minimum absolute atomic E-state index is 0.00384. The molecule has 4 N–H and O–H groups in total. The number of guanidine groups is 1. The molecule has 0 aromatic heterocycles. The Balaban J connectivity index is 2.01. The van der Waals surface area contributed by atoms with Gasteiger partial charge in [-0.15, -0.1) is 0 Å². The summed E-state index contributed by atoms with van der Waals surface area (Å²) in [5, 5.41) is 11.1. The number of alkyl halides is 3. The van der Waals surface area contributed by atoms with Crippen molar-refractivity contribution in [1.82, 2.24) is 10.6 Å². The van der Waals surface area contributed by atoms with Gasteiger partial charge >= 0.3 is 6.18 Å². The number of hydrogen-bond acceptors (Lipinski definition) is 4. The van der Waals surface area contributed by atoms with Crippen molar-refractivity contribution in [2.75, 3.05) is 13.7 Å². The average Bonchev–Trinajstić information content (AvgIpc) is 2.66. The number of primary sulfonamides is 1. The van der Waals surface area contributed by atoms with Crippen LogP contribution in [0.25, 0.3) is 0 Å². The molecular formula is C19H23F3N4O3S. The molecule has 0 atom stereocenters. The third-order valence-electron chi connectivity index (χ3n) is 3.97. The molecule has 0 fully saturated rings. The first-order valence-electron chi connectivity index (χ1n) is 8.83. The molecule has 0 aliphatic carbocycles. The van der Waals surface area contributed by atoms with Crippen LogP contribution in [0.2, 0.25) is 0 Å². The van der Waals surface area contributed by atoms with E-state index in [0.717, 1.165) is 5.56 Å². The normalized spacial score (nSPS) is 12.5. The van der Waals surface area contributed by atoms with E-state index in [2.05, 4.69) is 15.6 Å². The van der Waals surface area contributed by atoms with Crippen LogP contribution in [0.4, 0.5) is 13.2 Å². The lowest BCUT2D eigenvalue weighted by molar-refractivity contribution is -0.153. The number of aliphatic imine (C=N–C) groups is 1. The zero-order valence-corrected chi connectivity index (χ0v) is 17.3. The maximum atomic E-state index is 12.5. The first kappa shape index (κ1) is 23.5. The molecule has 0 saturated carbocycles. The summed E-state index contributed by atoms with van der Waals surface area (Å²) in [6.45, 7) is 0.809. The van der Waals surface area contributed by atoms with Crippen molar-refractivity contribution in [2.24, 2.45) is 10.1 Å². The van der Waals surface area contributed by atoms with Gasteiger partial charge in [0, 0.05) is 25.7 Å². The number of ether oxygens (including phenoxy) is 1. The molecule has 0 amide bonds. The Kier molecular flexibility index (Phi) is 7.68. The number of aryl methyl sites for hydroxylation is 1. The van der Waals surface area contributed by atoms with E-state index in [0.29, 0.717) is 17.1 Å². The molecule has 2 aromatic carbocycles. The minimum Gasteiger partial charge on any atom is -0.484 e. The van der Waals surface area contributed by atoms with Gasteiger partial charge in [-0.05, 0) is 36.2 Å². The zero-order valence-electron chi connectivity index (χ0n) is 16.5.